The van der Waals surface area contributed by atoms with Crippen LogP contribution in [0, 0.1) is 0 Å². The summed E-state index contributed by atoms with van der Waals surface area (Å²) in [7, 11) is 1.88. The number of hydrogen-bond donors (Lipinski definition) is 2. The zero-order valence-corrected chi connectivity index (χ0v) is 10.3. The fourth-order valence-corrected chi connectivity index (χ4v) is 1.59. The molecule has 8 nitrogen and oxygen atoms in total. The monoisotopic (exact) mass is 249 g/mol. The third kappa shape index (κ3) is 2.31. The maximum atomic E-state index is 8.53. The topological polar surface area (TPSA) is 107 Å². The van der Waals surface area contributed by atoms with Crippen LogP contribution in [0.2, 0.25) is 0 Å². The van der Waals surface area contributed by atoms with E-state index in [-0.39, 0.29) is 11.7 Å². The summed E-state index contributed by atoms with van der Waals surface area (Å²) >= 11 is 0. The Bertz CT molecular complexity index is 569. The molecule has 0 unspecified atom stereocenters. The Morgan fingerprint density at radius 3 is 2.89 bits per heavy atom. The van der Waals surface area contributed by atoms with Crippen molar-refractivity contribution in [2.45, 2.75) is 19.9 Å². The summed E-state index contributed by atoms with van der Waals surface area (Å²) in [5.74, 6) is 0.100. The van der Waals surface area contributed by atoms with E-state index in [1.54, 1.807) is 4.68 Å². The summed E-state index contributed by atoms with van der Waals surface area (Å²) in [6.45, 7) is 2.59. The van der Waals surface area contributed by atoms with Gasteiger partial charge in [-0.05, 0) is 12.5 Å². The van der Waals surface area contributed by atoms with Gasteiger partial charge in [0.15, 0.2) is 0 Å². The fourth-order valence-electron chi connectivity index (χ4n) is 1.59. The molecule has 0 aliphatic heterocycles. The molecule has 8 heteroatoms. The van der Waals surface area contributed by atoms with Crippen molar-refractivity contribution in [3.63, 3.8) is 0 Å². The summed E-state index contributed by atoms with van der Waals surface area (Å²) in [5.41, 5.74) is 7.45. The molecule has 2 aromatic rings. The van der Waals surface area contributed by atoms with Gasteiger partial charge < -0.3 is 10.9 Å². The van der Waals surface area contributed by atoms with Crippen LogP contribution in [0.5, 0.6) is 0 Å². The molecule has 18 heavy (non-hydrogen) atoms. The van der Waals surface area contributed by atoms with Crippen LogP contribution < -0.4 is 5.73 Å². The van der Waals surface area contributed by atoms with Crippen LogP contribution in [-0.4, -0.2) is 35.6 Å². The molecule has 0 aliphatic rings. The second-order valence-corrected chi connectivity index (χ2v) is 3.86. The van der Waals surface area contributed by atoms with E-state index in [0.717, 1.165) is 17.8 Å². The van der Waals surface area contributed by atoms with Gasteiger partial charge in [0.1, 0.15) is 6.33 Å². The molecule has 2 rings (SSSR count). The van der Waals surface area contributed by atoms with Crippen molar-refractivity contribution in [3.05, 3.63) is 29.6 Å². The smallest absolute Gasteiger partial charge is 0.219 e. The highest BCUT2D eigenvalue weighted by Gasteiger charge is 2.08. The molecule has 0 amide bonds. The first-order valence-electron chi connectivity index (χ1n) is 5.53. The van der Waals surface area contributed by atoms with Crippen molar-refractivity contribution in [2.24, 2.45) is 17.9 Å². The van der Waals surface area contributed by atoms with Crippen molar-refractivity contribution in [1.82, 2.24) is 24.5 Å². The molecule has 0 saturated carbocycles. The molecule has 2 aromatic heterocycles. The second kappa shape index (κ2) is 4.86. The van der Waals surface area contributed by atoms with Crippen LogP contribution in [-0.2, 0) is 20.0 Å². The van der Waals surface area contributed by atoms with Gasteiger partial charge in [-0.3, -0.25) is 4.68 Å². The van der Waals surface area contributed by atoms with Crippen LogP contribution in [0.25, 0.3) is 0 Å². The van der Waals surface area contributed by atoms with Crippen LogP contribution in [0.1, 0.15) is 24.1 Å². The minimum absolute atomic E-state index is 0.104. The number of oxime groups is 1. The zero-order chi connectivity index (χ0) is 13.1. The molecular formula is C10H15N7O. The molecule has 0 saturated heterocycles. The number of amidine groups is 1. The van der Waals surface area contributed by atoms with Crippen molar-refractivity contribution < 1.29 is 5.21 Å². The molecule has 0 radical (unpaired) electrons. The van der Waals surface area contributed by atoms with Crippen LogP contribution in [0.3, 0.4) is 0 Å². The first kappa shape index (κ1) is 12.1. The van der Waals surface area contributed by atoms with Gasteiger partial charge in [0.05, 0.1) is 17.9 Å². The largest absolute Gasteiger partial charge is 0.409 e. The number of aromatic nitrogens is 5. The van der Waals surface area contributed by atoms with Gasteiger partial charge in [-0.25, -0.2) is 9.67 Å². The van der Waals surface area contributed by atoms with Crippen LogP contribution >= 0.6 is 0 Å². The van der Waals surface area contributed by atoms with Gasteiger partial charge in [0, 0.05) is 7.05 Å². The second-order valence-electron chi connectivity index (χ2n) is 3.86. The summed E-state index contributed by atoms with van der Waals surface area (Å²) in [6, 6.07) is 2.02. The van der Waals surface area contributed by atoms with E-state index in [9.17, 15) is 0 Å². The first-order valence-corrected chi connectivity index (χ1v) is 5.53. The Balaban J connectivity index is 2.18. The van der Waals surface area contributed by atoms with Gasteiger partial charge in [-0.15, -0.1) is 5.10 Å². The zero-order valence-electron chi connectivity index (χ0n) is 10.3. The average Bonchev–Trinajstić information content (AvgIpc) is 2.97. The highest BCUT2D eigenvalue weighted by molar-refractivity contribution is 5.93. The molecule has 96 valence electrons. The normalized spacial score (nSPS) is 12.0. The molecule has 0 aromatic carbocycles. The molecule has 3 N–H and O–H groups in total. The molecule has 2 heterocycles. The standard InChI is InChI=1S/C10H15N7O/c1-3-7-4-8(16(2)13-7)5-17-6-12-10(14-17)9(11)15-18/h4,6,18H,3,5H2,1-2H3,(H2,11,15). The highest BCUT2D eigenvalue weighted by Crippen LogP contribution is 2.05. The lowest BCUT2D eigenvalue weighted by Gasteiger charge is -2.00. The molecule has 0 spiro atoms. The fraction of sp³-hybridized carbons (Fsp3) is 0.400. The van der Waals surface area contributed by atoms with Crippen LogP contribution in [0.4, 0.5) is 0 Å². The van der Waals surface area contributed by atoms with Crippen LogP contribution in [0.15, 0.2) is 17.5 Å². The molecule has 0 atom stereocenters. The lowest BCUT2D eigenvalue weighted by atomic mass is 10.3. The summed E-state index contributed by atoms with van der Waals surface area (Å²) < 4.78 is 3.42. The predicted octanol–water partition coefficient (Wildman–Crippen LogP) is -0.283. The molecule has 0 bridgehead atoms. The maximum Gasteiger partial charge on any atom is 0.219 e. The van der Waals surface area contributed by atoms with E-state index >= 15 is 0 Å². The number of hydrogen-bond acceptors (Lipinski definition) is 5. The maximum absolute atomic E-state index is 8.53. The van der Waals surface area contributed by atoms with Crippen molar-refractivity contribution in [2.75, 3.05) is 0 Å². The number of rotatable bonds is 4. The minimum atomic E-state index is -0.104. The van der Waals surface area contributed by atoms with Gasteiger partial charge in [0.2, 0.25) is 11.7 Å². The Labute approximate surface area is 104 Å². The lowest BCUT2D eigenvalue weighted by Crippen LogP contribution is -2.16. The van der Waals surface area contributed by atoms with E-state index in [4.69, 9.17) is 10.9 Å². The Morgan fingerprint density at radius 1 is 1.50 bits per heavy atom. The number of nitrogens with zero attached hydrogens (tertiary/aromatic N) is 6. The van der Waals surface area contributed by atoms with E-state index in [1.807, 2.05) is 17.8 Å². The van der Waals surface area contributed by atoms with E-state index in [0.29, 0.717) is 6.54 Å². The Morgan fingerprint density at radius 2 is 2.28 bits per heavy atom. The van der Waals surface area contributed by atoms with E-state index in [2.05, 4.69) is 27.3 Å². The molecule has 0 aliphatic carbocycles. The predicted molar refractivity (Wildman–Crippen MR) is 64.2 cm³/mol. The van der Waals surface area contributed by atoms with Gasteiger partial charge in [-0.1, -0.05) is 12.1 Å². The minimum Gasteiger partial charge on any atom is -0.409 e. The Hall–Kier alpha value is -2.38. The average molecular weight is 249 g/mol. The van der Waals surface area contributed by atoms with Crippen molar-refractivity contribution in [3.8, 4) is 0 Å². The summed E-state index contributed by atoms with van der Waals surface area (Å²) in [5, 5.41) is 19.8. The Kier molecular flexibility index (Phi) is 3.26. The number of aryl methyl sites for hydroxylation is 2. The van der Waals surface area contributed by atoms with Crippen molar-refractivity contribution >= 4 is 5.84 Å². The number of nitrogens with two attached hydrogens (primary N) is 1. The quantitative estimate of drug-likeness (QED) is 0.335. The SMILES string of the molecule is CCc1cc(Cn2cnc(C(N)=NO)n2)n(C)n1. The van der Waals surface area contributed by atoms with Gasteiger partial charge in [0.25, 0.3) is 0 Å². The van der Waals surface area contributed by atoms with E-state index < -0.39 is 0 Å². The van der Waals surface area contributed by atoms with E-state index in [1.165, 1.54) is 6.33 Å². The third-order valence-corrected chi connectivity index (χ3v) is 2.59. The van der Waals surface area contributed by atoms with Gasteiger partial charge >= 0.3 is 0 Å². The third-order valence-electron chi connectivity index (χ3n) is 2.59. The summed E-state index contributed by atoms with van der Waals surface area (Å²) in [4.78, 5) is 3.95. The molecular weight excluding hydrogens is 234 g/mol. The highest BCUT2D eigenvalue weighted by atomic mass is 16.4. The van der Waals surface area contributed by atoms with Gasteiger partial charge in [-0.2, -0.15) is 5.10 Å². The lowest BCUT2D eigenvalue weighted by molar-refractivity contribution is 0.318. The summed E-state index contributed by atoms with van der Waals surface area (Å²) in [6.07, 6.45) is 2.42. The van der Waals surface area contributed by atoms with Crippen molar-refractivity contribution in [1.29, 1.82) is 0 Å². The molecule has 0 fully saturated rings. The first-order chi connectivity index (χ1) is 8.63.